The van der Waals surface area contributed by atoms with Gasteiger partial charge in [-0.2, -0.15) is 0 Å². The average Bonchev–Trinajstić information content (AvgIpc) is 2.45. The number of hydrogen-bond acceptors (Lipinski definition) is 1. The fourth-order valence-corrected chi connectivity index (χ4v) is 2.59. The molecule has 0 aliphatic heterocycles. The van der Waals surface area contributed by atoms with Gasteiger partial charge in [-0.1, -0.05) is 66.2 Å². The van der Waals surface area contributed by atoms with Crippen LogP contribution in [0, 0.1) is 0 Å². The van der Waals surface area contributed by atoms with Crippen molar-refractivity contribution in [2.24, 2.45) is 0 Å². The number of hydrogen-bond donors (Lipinski definition) is 1. The van der Waals surface area contributed by atoms with Gasteiger partial charge in [0.05, 0.1) is 0 Å². The summed E-state index contributed by atoms with van der Waals surface area (Å²) in [4.78, 5) is 0. The van der Waals surface area contributed by atoms with Crippen molar-refractivity contribution in [3.63, 3.8) is 0 Å². The Balaban J connectivity index is 1.98. The summed E-state index contributed by atoms with van der Waals surface area (Å²) < 4.78 is 0. The maximum atomic E-state index is 6.21. The highest BCUT2D eigenvalue weighted by molar-refractivity contribution is 6.35. The van der Waals surface area contributed by atoms with Gasteiger partial charge in [0, 0.05) is 22.6 Å². The van der Waals surface area contributed by atoms with Crippen LogP contribution in [0.3, 0.4) is 0 Å². The number of nitrogens with one attached hydrogen (secondary N) is 1. The molecule has 0 aliphatic carbocycles. The minimum Gasteiger partial charge on any atom is -0.306 e. The van der Waals surface area contributed by atoms with Gasteiger partial charge in [0.25, 0.3) is 0 Å². The Bertz CT molecular complexity index is 593. The molecule has 0 spiro atoms. The number of benzene rings is 2. The van der Waals surface area contributed by atoms with Crippen LogP contribution in [0.1, 0.15) is 24.1 Å². The van der Waals surface area contributed by atoms with Gasteiger partial charge in [-0.25, -0.2) is 0 Å². The average molecular weight is 306 g/mol. The molecule has 1 nitrogen and oxygen atoms in total. The van der Waals surface area contributed by atoms with E-state index in [1.165, 1.54) is 0 Å². The molecule has 1 N–H and O–H groups in total. The van der Waals surface area contributed by atoms with Crippen LogP contribution in [0.15, 0.2) is 55.1 Å². The van der Waals surface area contributed by atoms with Gasteiger partial charge in [-0.05, 0) is 35.8 Å². The Morgan fingerprint density at radius 2 is 1.85 bits per heavy atom. The van der Waals surface area contributed by atoms with Crippen molar-refractivity contribution in [1.82, 2.24) is 5.32 Å². The minimum absolute atomic E-state index is 0.139. The minimum atomic E-state index is 0.139. The zero-order valence-electron chi connectivity index (χ0n) is 11.4. The molecule has 0 heterocycles. The molecule has 104 valence electrons. The molecule has 2 rings (SSSR count). The van der Waals surface area contributed by atoms with E-state index in [0.29, 0.717) is 16.6 Å². The van der Waals surface area contributed by atoms with E-state index in [4.69, 9.17) is 23.2 Å². The van der Waals surface area contributed by atoms with Crippen molar-refractivity contribution in [2.75, 3.05) is 6.54 Å². The molecule has 0 bridgehead atoms. The van der Waals surface area contributed by atoms with Crippen LogP contribution in [0.25, 0.3) is 5.57 Å². The highest BCUT2D eigenvalue weighted by Crippen LogP contribution is 2.26. The van der Waals surface area contributed by atoms with Crippen molar-refractivity contribution in [3.8, 4) is 0 Å². The fraction of sp³-hybridized carbons (Fsp3) is 0.176. The van der Waals surface area contributed by atoms with Crippen LogP contribution >= 0.6 is 23.2 Å². The van der Waals surface area contributed by atoms with Gasteiger partial charge in [0.15, 0.2) is 0 Å². The summed E-state index contributed by atoms with van der Waals surface area (Å²) in [5.41, 5.74) is 3.24. The zero-order chi connectivity index (χ0) is 14.5. The maximum absolute atomic E-state index is 6.21. The molecule has 1 atom stereocenters. The first-order valence-electron chi connectivity index (χ1n) is 6.49. The molecule has 2 aromatic carbocycles. The standard InChI is InChI=1S/C17H17Cl2N/c1-12(14-6-4-3-5-7-14)11-20-13(2)16-9-8-15(18)10-17(16)19/h3-10,13,20H,1,11H2,2H3. The molecule has 0 radical (unpaired) electrons. The largest absolute Gasteiger partial charge is 0.306 e. The topological polar surface area (TPSA) is 12.0 Å². The lowest BCUT2D eigenvalue weighted by atomic mass is 10.1. The smallest absolute Gasteiger partial charge is 0.0468 e. The second-order valence-corrected chi connectivity index (χ2v) is 5.58. The monoisotopic (exact) mass is 305 g/mol. The number of rotatable bonds is 5. The molecule has 0 aromatic heterocycles. The van der Waals surface area contributed by atoms with E-state index >= 15 is 0 Å². The molecule has 0 aliphatic rings. The third-order valence-electron chi connectivity index (χ3n) is 3.23. The first-order valence-corrected chi connectivity index (χ1v) is 7.25. The highest BCUT2D eigenvalue weighted by atomic mass is 35.5. The molecule has 1 unspecified atom stereocenters. The Kier molecular flexibility index (Phi) is 5.24. The van der Waals surface area contributed by atoms with E-state index < -0.39 is 0 Å². The third kappa shape index (κ3) is 3.86. The molecular weight excluding hydrogens is 289 g/mol. The molecule has 0 fully saturated rings. The van der Waals surface area contributed by atoms with Crippen molar-refractivity contribution < 1.29 is 0 Å². The van der Waals surface area contributed by atoms with Crippen LogP contribution < -0.4 is 5.32 Å². The SMILES string of the molecule is C=C(CNC(C)c1ccc(Cl)cc1Cl)c1ccccc1. The van der Waals surface area contributed by atoms with Crippen molar-refractivity contribution in [1.29, 1.82) is 0 Å². The first-order chi connectivity index (χ1) is 9.58. The third-order valence-corrected chi connectivity index (χ3v) is 3.80. The molecule has 20 heavy (non-hydrogen) atoms. The Labute approximate surface area is 130 Å². The summed E-state index contributed by atoms with van der Waals surface area (Å²) in [7, 11) is 0. The second kappa shape index (κ2) is 6.94. The summed E-state index contributed by atoms with van der Waals surface area (Å²) in [5, 5.41) is 4.77. The van der Waals surface area contributed by atoms with Gasteiger partial charge in [0.2, 0.25) is 0 Å². The van der Waals surface area contributed by atoms with E-state index in [1.807, 2.05) is 30.3 Å². The normalized spacial score (nSPS) is 12.2. The first kappa shape index (κ1) is 15.1. The Morgan fingerprint density at radius 1 is 1.15 bits per heavy atom. The number of halogens is 2. The predicted octanol–water partition coefficient (Wildman–Crippen LogP) is 5.36. The van der Waals surface area contributed by atoms with Crippen molar-refractivity contribution >= 4 is 28.8 Å². The fourth-order valence-electron chi connectivity index (χ4n) is 2.01. The molecular formula is C17H17Cl2N. The lowest BCUT2D eigenvalue weighted by Gasteiger charge is -2.17. The zero-order valence-corrected chi connectivity index (χ0v) is 12.9. The Morgan fingerprint density at radius 3 is 2.50 bits per heavy atom. The van der Waals surface area contributed by atoms with Gasteiger partial charge in [-0.3, -0.25) is 0 Å². The van der Waals surface area contributed by atoms with Crippen LogP contribution in [-0.4, -0.2) is 6.54 Å². The molecule has 0 saturated carbocycles. The van der Waals surface area contributed by atoms with Gasteiger partial charge >= 0.3 is 0 Å². The lowest BCUT2D eigenvalue weighted by Crippen LogP contribution is -2.20. The molecule has 3 heteroatoms. The van der Waals surface area contributed by atoms with Crippen LogP contribution in [0.4, 0.5) is 0 Å². The summed E-state index contributed by atoms with van der Waals surface area (Å²) >= 11 is 12.1. The molecule has 2 aromatic rings. The van der Waals surface area contributed by atoms with Crippen molar-refractivity contribution in [3.05, 3.63) is 76.3 Å². The summed E-state index contributed by atoms with van der Waals surface area (Å²) in [6.45, 7) is 6.90. The predicted molar refractivity (Wildman–Crippen MR) is 88.4 cm³/mol. The van der Waals surface area contributed by atoms with Crippen LogP contribution in [-0.2, 0) is 0 Å². The van der Waals surface area contributed by atoms with Gasteiger partial charge in [0.1, 0.15) is 0 Å². The van der Waals surface area contributed by atoms with Gasteiger partial charge in [-0.15, -0.1) is 0 Å². The van der Waals surface area contributed by atoms with E-state index in [1.54, 1.807) is 6.07 Å². The van der Waals surface area contributed by atoms with Crippen LogP contribution in [0.2, 0.25) is 10.0 Å². The second-order valence-electron chi connectivity index (χ2n) is 4.74. The molecule has 0 amide bonds. The van der Waals surface area contributed by atoms with Gasteiger partial charge < -0.3 is 5.32 Å². The summed E-state index contributed by atoms with van der Waals surface area (Å²) in [6.07, 6.45) is 0. The maximum Gasteiger partial charge on any atom is 0.0468 e. The van der Waals surface area contributed by atoms with E-state index in [9.17, 15) is 0 Å². The summed E-state index contributed by atoms with van der Waals surface area (Å²) in [6, 6.07) is 15.9. The van der Waals surface area contributed by atoms with E-state index in [2.05, 4.69) is 31.0 Å². The van der Waals surface area contributed by atoms with E-state index in [0.717, 1.165) is 16.7 Å². The quantitative estimate of drug-likeness (QED) is 0.784. The highest BCUT2D eigenvalue weighted by Gasteiger charge is 2.10. The Hall–Kier alpha value is -1.28. The summed E-state index contributed by atoms with van der Waals surface area (Å²) in [5.74, 6) is 0. The molecule has 0 saturated heterocycles. The lowest BCUT2D eigenvalue weighted by molar-refractivity contribution is 0.623. The van der Waals surface area contributed by atoms with E-state index in [-0.39, 0.29) is 6.04 Å². The van der Waals surface area contributed by atoms with Crippen molar-refractivity contribution in [2.45, 2.75) is 13.0 Å². The van der Waals surface area contributed by atoms with Crippen LogP contribution in [0.5, 0.6) is 0 Å².